The van der Waals surface area contributed by atoms with E-state index in [1.165, 1.54) is 41.3 Å². The summed E-state index contributed by atoms with van der Waals surface area (Å²) in [5, 5.41) is 1.51. The third kappa shape index (κ3) is 2.51. The number of rotatable bonds is 2. The average molecular weight is 347 g/mol. The van der Waals surface area contributed by atoms with E-state index in [1.807, 2.05) is 0 Å². The molecule has 2 heteroatoms. The van der Waals surface area contributed by atoms with Crippen molar-refractivity contribution in [3.63, 3.8) is 0 Å². The summed E-state index contributed by atoms with van der Waals surface area (Å²) >= 11 is 0. The average Bonchev–Trinajstić information content (AvgIpc) is 2.97. The lowest BCUT2D eigenvalue weighted by molar-refractivity contribution is 0.0973. The van der Waals surface area contributed by atoms with Gasteiger partial charge in [-0.2, -0.15) is 0 Å². The van der Waals surface area contributed by atoms with Crippen molar-refractivity contribution in [2.45, 2.75) is 59.2 Å². The van der Waals surface area contributed by atoms with E-state index in [1.54, 1.807) is 11.3 Å². The van der Waals surface area contributed by atoms with Crippen LogP contribution in [0.15, 0.2) is 48.5 Å². The molecule has 2 aromatic carbocycles. The lowest BCUT2D eigenvalue weighted by atomic mass is 9.88. The maximum Gasteiger partial charge on any atom is 0.0510 e. The van der Waals surface area contributed by atoms with Crippen molar-refractivity contribution in [3.8, 4) is 0 Å². The van der Waals surface area contributed by atoms with Crippen LogP contribution in [0.2, 0.25) is 0 Å². The molecular formula is C24H30N2. The molecule has 1 aromatic heterocycles. The first-order valence-electron chi connectivity index (χ1n) is 9.66. The van der Waals surface area contributed by atoms with E-state index in [4.69, 9.17) is 0 Å². The Labute approximate surface area is 157 Å². The molecule has 1 aliphatic heterocycles. The molecule has 0 saturated carbocycles. The highest BCUT2D eigenvalue weighted by Crippen LogP contribution is 2.45. The van der Waals surface area contributed by atoms with Gasteiger partial charge in [-0.25, -0.2) is 0 Å². The van der Waals surface area contributed by atoms with Crippen LogP contribution in [-0.2, 0) is 13.0 Å². The molecular weight excluding hydrogens is 316 g/mol. The summed E-state index contributed by atoms with van der Waals surface area (Å²) in [6.45, 7) is 6.85. The molecule has 0 unspecified atom stereocenters. The van der Waals surface area contributed by atoms with Crippen LogP contribution in [0.4, 0.5) is 0 Å². The number of aryl methyl sites for hydroxylation is 2. The van der Waals surface area contributed by atoms with Gasteiger partial charge in [0.1, 0.15) is 0 Å². The maximum atomic E-state index is 2.75. The minimum absolute atomic E-state index is 0. The van der Waals surface area contributed by atoms with E-state index in [0.717, 1.165) is 13.1 Å². The van der Waals surface area contributed by atoms with Crippen LogP contribution in [-0.4, -0.2) is 16.0 Å². The Morgan fingerprint density at radius 2 is 1.85 bits per heavy atom. The number of hydrogen-bond donors (Lipinski definition) is 0. The molecule has 0 radical (unpaired) electrons. The van der Waals surface area contributed by atoms with Crippen molar-refractivity contribution < 1.29 is 0 Å². The number of benzene rings is 2. The van der Waals surface area contributed by atoms with Crippen molar-refractivity contribution in [2.75, 3.05) is 6.54 Å². The molecule has 2 aliphatic rings. The first-order valence-corrected chi connectivity index (χ1v) is 9.66. The van der Waals surface area contributed by atoms with E-state index in [2.05, 4.69) is 71.8 Å². The predicted molar refractivity (Wildman–Crippen MR) is 111 cm³/mol. The highest BCUT2D eigenvalue weighted by Gasteiger charge is 2.36. The van der Waals surface area contributed by atoms with Gasteiger partial charge >= 0.3 is 0 Å². The van der Waals surface area contributed by atoms with Gasteiger partial charge in [0.15, 0.2) is 0 Å². The zero-order valence-corrected chi connectivity index (χ0v) is 15.2. The number of aromatic nitrogens is 1. The normalized spacial score (nSPS) is 20.5. The SMILES string of the molecule is C.Cc1ccc2c(c1)c1c3n2CCN([C@@H](C)c2ccccc2)[C@H]3CCC1. The largest absolute Gasteiger partial charge is 0.342 e. The third-order valence-electron chi connectivity index (χ3n) is 6.35. The number of fused-ring (bicyclic) bond motifs is 3. The molecule has 0 spiro atoms. The molecule has 1 aliphatic carbocycles. The van der Waals surface area contributed by atoms with Gasteiger partial charge in [0.25, 0.3) is 0 Å². The molecule has 2 heterocycles. The summed E-state index contributed by atoms with van der Waals surface area (Å²) in [6.07, 6.45) is 3.84. The van der Waals surface area contributed by atoms with Crippen LogP contribution in [0.25, 0.3) is 10.9 Å². The molecule has 0 fully saturated rings. The summed E-state index contributed by atoms with van der Waals surface area (Å²) < 4.78 is 2.63. The molecule has 0 N–H and O–H groups in total. The summed E-state index contributed by atoms with van der Waals surface area (Å²) in [5.74, 6) is 0. The van der Waals surface area contributed by atoms with Gasteiger partial charge in [0.2, 0.25) is 0 Å². The fourth-order valence-electron chi connectivity index (χ4n) is 5.13. The Balaban J connectivity index is 0.00000168. The van der Waals surface area contributed by atoms with Crippen molar-refractivity contribution in [1.29, 1.82) is 0 Å². The van der Waals surface area contributed by atoms with Gasteiger partial charge in [-0.05, 0) is 56.4 Å². The van der Waals surface area contributed by atoms with Gasteiger partial charge in [-0.3, -0.25) is 4.90 Å². The molecule has 3 aromatic rings. The Morgan fingerprint density at radius 3 is 2.65 bits per heavy atom. The van der Waals surface area contributed by atoms with E-state index in [9.17, 15) is 0 Å². The van der Waals surface area contributed by atoms with Crippen molar-refractivity contribution in [2.24, 2.45) is 0 Å². The third-order valence-corrected chi connectivity index (χ3v) is 6.35. The Bertz CT molecular complexity index is 922. The van der Waals surface area contributed by atoms with E-state index >= 15 is 0 Å². The summed E-state index contributed by atoms with van der Waals surface area (Å²) in [5.41, 5.74) is 7.51. The summed E-state index contributed by atoms with van der Waals surface area (Å²) in [7, 11) is 0. The first kappa shape index (κ1) is 17.4. The van der Waals surface area contributed by atoms with Gasteiger partial charge in [-0.15, -0.1) is 0 Å². The van der Waals surface area contributed by atoms with Crippen molar-refractivity contribution in [3.05, 3.63) is 70.9 Å². The van der Waals surface area contributed by atoms with E-state index in [0.29, 0.717) is 12.1 Å². The topological polar surface area (TPSA) is 8.17 Å². The smallest absolute Gasteiger partial charge is 0.0510 e. The monoisotopic (exact) mass is 346 g/mol. The van der Waals surface area contributed by atoms with E-state index < -0.39 is 0 Å². The maximum absolute atomic E-state index is 2.75. The molecule has 2 atom stereocenters. The van der Waals surface area contributed by atoms with Crippen LogP contribution in [0.3, 0.4) is 0 Å². The van der Waals surface area contributed by atoms with Crippen LogP contribution in [0.5, 0.6) is 0 Å². The van der Waals surface area contributed by atoms with Gasteiger partial charge in [0, 0.05) is 35.7 Å². The molecule has 136 valence electrons. The first-order chi connectivity index (χ1) is 12.2. The zero-order valence-electron chi connectivity index (χ0n) is 15.2. The lowest BCUT2D eigenvalue weighted by Crippen LogP contribution is -2.41. The lowest BCUT2D eigenvalue weighted by Gasteiger charge is -2.43. The van der Waals surface area contributed by atoms with Crippen LogP contribution >= 0.6 is 0 Å². The van der Waals surface area contributed by atoms with Crippen LogP contribution in [0.1, 0.15) is 61.7 Å². The van der Waals surface area contributed by atoms with Crippen molar-refractivity contribution in [1.82, 2.24) is 9.47 Å². The fraction of sp³-hybridized carbons (Fsp3) is 0.417. The minimum atomic E-state index is 0. The van der Waals surface area contributed by atoms with Crippen LogP contribution in [0, 0.1) is 6.92 Å². The second-order valence-electron chi connectivity index (χ2n) is 7.77. The minimum Gasteiger partial charge on any atom is -0.342 e. The Kier molecular flexibility index (Phi) is 4.40. The summed E-state index contributed by atoms with van der Waals surface area (Å²) in [6, 6.07) is 19.1. The second-order valence-corrected chi connectivity index (χ2v) is 7.77. The standard InChI is InChI=1S/C23H26N2.CH4/c1-16-11-12-21-20(15-16)19-9-6-10-22-23(19)25(21)14-13-24(22)17(2)18-7-4-3-5-8-18;/h3-5,7-8,11-12,15,17,22H,6,9-10,13-14H2,1-2H3;1H4/t17-,22-;/m0./s1. The molecule has 0 bridgehead atoms. The van der Waals surface area contributed by atoms with Crippen LogP contribution < -0.4 is 0 Å². The molecule has 0 amide bonds. The quantitative estimate of drug-likeness (QED) is 0.549. The van der Waals surface area contributed by atoms with Gasteiger partial charge in [0.05, 0.1) is 6.04 Å². The molecule has 5 rings (SSSR count). The predicted octanol–water partition coefficient (Wildman–Crippen LogP) is 6.04. The van der Waals surface area contributed by atoms with E-state index in [-0.39, 0.29) is 7.43 Å². The Hall–Kier alpha value is -2.06. The number of hydrogen-bond acceptors (Lipinski definition) is 1. The molecule has 0 saturated heterocycles. The highest BCUT2D eigenvalue weighted by molar-refractivity contribution is 5.87. The Morgan fingerprint density at radius 1 is 1.04 bits per heavy atom. The van der Waals surface area contributed by atoms with Gasteiger partial charge < -0.3 is 4.57 Å². The molecule has 2 nitrogen and oxygen atoms in total. The zero-order chi connectivity index (χ0) is 17.0. The van der Waals surface area contributed by atoms with Crippen molar-refractivity contribution >= 4 is 10.9 Å². The highest BCUT2D eigenvalue weighted by atomic mass is 15.3. The fourth-order valence-corrected chi connectivity index (χ4v) is 5.13. The second kappa shape index (κ2) is 6.59. The molecule has 26 heavy (non-hydrogen) atoms. The summed E-state index contributed by atoms with van der Waals surface area (Å²) in [4.78, 5) is 2.75. The van der Waals surface area contributed by atoms with Gasteiger partial charge in [-0.1, -0.05) is 49.4 Å². The number of nitrogens with zero attached hydrogens (tertiary/aromatic N) is 2.